The molecule has 3 aromatic rings. The number of aromatic amines is 1. The van der Waals surface area contributed by atoms with Crippen molar-refractivity contribution in [2.24, 2.45) is 0 Å². The van der Waals surface area contributed by atoms with Gasteiger partial charge in [0.25, 0.3) is 0 Å². The Balaban J connectivity index is 1.35. The first-order chi connectivity index (χ1) is 12.8. The maximum absolute atomic E-state index is 4.55. The monoisotopic (exact) mass is 350 g/mol. The van der Waals surface area contributed by atoms with Crippen molar-refractivity contribution in [2.75, 3.05) is 22.9 Å². The van der Waals surface area contributed by atoms with Crippen LogP contribution in [0.5, 0.6) is 0 Å². The van der Waals surface area contributed by atoms with Crippen LogP contribution in [0, 0.1) is 6.92 Å². The lowest BCUT2D eigenvalue weighted by molar-refractivity contribution is 0.457. The second-order valence-corrected chi connectivity index (χ2v) is 7.17. The fourth-order valence-electron chi connectivity index (χ4n) is 3.95. The number of piperidine rings is 1. The van der Waals surface area contributed by atoms with Crippen molar-refractivity contribution in [1.29, 1.82) is 0 Å². The number of hydrogen-bond donors (Lipinski definition) is 1. The highest BCUT2D eigenvalue weighted by Crippen LogP contribution is 2.36. The maximum atomic E-state index is 4.55. The van der Waals surface area contributed by atoms with Gasteiger partial charge in [0, 0.05) is 36.9 Å². The van der Waals surface area contributed by atoms with E-state index in [9.17, 15) is 0 Å². The van der Waals surface area contributed by atoms with Crippen molar-refractivity contribution >= 4 is 22.8 Å². The molecular formula is C18H22N8. The van der Waals surface area contributed by atoms with E-state index in [0.717, 1.165) is 54.4 Å². The van der Waals surface area contributed by atoms with E-state index < -0.39 is 0 Å². The van der Waals surface area contributed by atoms with Crippen LogP contribution in [0.3, 0.4) is 0 Å². The number of nitrogens with zero attached hydrogens (tertiary/aromatic N) is 7. The van der Waals surface area contributed by atoms with Crippen molar-refractivity contribution < 1.29 is 0 Å². The van der Waals surface area contributed by atoms with Crippen LogP contribution in [0.15, 0.2) is 25.0 Å². The molecule has 134 valence electrons. The molecule has 1 N–H and O–H groups in total. The minimum atomic E-state index is 0.521. The van der Waals surface area contributed by atoms with Gasteiger partial charge in [-0.1, -0.05) is 0 Å². The van der Waals surface area contributed by atoms with Crippen LogP contribution < -0.4 is 9.80 Å². The van der Waals surface area contributed by atoms with Crippen molar-refractivity contribution in [3.05, 3.63) is 30.7 Å². The summed E-state index contributed by atoms with van der Waals surface area (Å²) in [5.41, 5.74) is 2.69. The Morgan fingerprint density at radius 2 is 1.73 bits per heavy atom. The van der Waals surface area contributed by atoms with Gasteiger partial charge in [0.05, 0.1) is 6.33 Å². The zero-order valence-corrected chi connectivity index (χ0v) is 14.8. The zero-order chi connectivity index (χ0) is 17.5. The van der Waals surface area contributed by atoms with Crippen LogP contribution in [-0.4, -0.2) is 55.1 Å². The third kappa shape index (κ3) is 2.75. The minimum absolute atomic E-state index is 0.521. The fraction of sp³-hybridized carbons (Fsp3) is 0.500. The summed E-state index contributed by atoms with van der Waals surface area (Å²) in [6.07, 6.45) is 9.70. The van der Waals surface area contributed by atoms with Gasteiger partial charge in [-0.25, -0.2) is 24.9 Å². The minimum Gasteiger partial charge on any atom is -0.355 e. The third-order valence-corrected chi connectivity index (χ3v) is 5.35. The van der Waals surface area contributed by atoms with Crippen LogP contribution in [0.1, 0.15) is 31.4 Å². The van der Waals surface area contributed by atoms with Gasteiger partial charge < -0.3 is 14.8 Å². The summed E-state index contributed by atoms with van der Waals surface area (Å²) >= 11 is 0. The lowest BCUT2D eigenvalue weighted by atomic mass is 10.0. The number of anilines is 2. The van der Waals surface area contributed by atoms with Gasteiger partial charge in [-0.3, -0.25) is 0 Å². The average molecular weight is 350 g/mol. The molecule has 0 bridgehead atoms. The Kier molecular flexibility index (Phi) is 3.69. The molecule has 0 amide bonds. The molecule has 2 fully saturated rings. The highest BCUT2D eigenvalue weighted by atomic mass is 15.3. The summed E-state index contributed by atoms with van der Waals surface area (Å²) in [6, 6.07) is 3.27. The molecule has 26 heavy (non-hydrogen) atoms. The molecule has 5 rings (SSSR count). The van der Waals surface area contributed by atoms with E-state index in [0.29, 0.717) is 12.1 Å². The molecule has 1 aliphatic heterocycles. The molecule has 2 aliphatic rings. The first-order valence-electron chi connectivity index (χ1n) is 9.25. The second kappa shape index (κ2) is 6.19. The summed E-state index contributed by atoms with van der Waals surface area (Å²) in [6.45, 7) is 3.98. The Morgan fingerprint density at radius 1 is 0.962 bits per heavy atom. The predicted octanol–water partition coefficient (Wildman–Crippen LogP) is 2.09. The third-order valence-electron chi connectivity index (χ3n) is 5.35. The molecule has 0 aromatic carbocycles. The molecule has 8 nitrogen and oxygen atoms in total. The number of nitrogens with one attached hydrogen (secondary N) is 1. The van der Waals surface area contributed by atoms with Gasteiger partial charge >= 0.3 is 0 Å². The number of hydrogen-bond acceptors (Lipinski definition) is 7. The molecule has 1 saturated heterocycles. The van der Waals surface area contributed by atoms with Gasteiger partial charge in [0.1, 0.15) is 24.0 Å². The van der Waals surface area contributed by atoms with Gasteiger partial charge in [0.15, 0.2) is 11.5 Å². The molecule has 8 heteroatoms. The first kappa shape index (κ1) is 15.5. The number of aromatic nitrogens is 6. The van der Waals surface area contributed by atoms with Crippen molar-refractivity contribution in [2.45, 2.75) is 44.7 Å². The highest BCUT2D eigenvalue weighted by Gasteiger charge is 2.36. The van der Waals surface area contributed by atoms with Crippen molar-refractivity contribution in [1.82, 2.24) is 29.9 Å². The van der Waals surface area contributed by atoms with Crippen LogP contribution in [0.4, 0.5) is 11.6 Å². The Bertz CT molecular complexity index is 910. The lowest BCUT2D eigenvalue weighted by Crippen LogP contribution is -2.46. The van der Waals surface area contributed by atoms with Gasteiger partial charge in [-0.15, -0.1) is 0 Å². The van der Waals surface area contributed by atoms with Crippen LogP contribution in [0.2, 0.25) is 0 Å². The summed E-state index contributed by atoms with van der Waals surface area (Å²) < 4.78 is 0. The van der Waals surface area contributed by atoms with E-state index >= 15 is 0 Å². The topological polar surface area (TPSA) is 86.7 Å². The van der Waals surface area contributed by atoms with Gasteiger partial charge in [-0.05, 0) is 32.6 Å². The lowest BCUT2D eigenvalue weighted by Gasteiger charge is -2.39. The molecule has 3 aromatic heterocycles. The summed E-state index contributed by atoms with van der Waals surface area (Å²) in [5, 5.41) is 0. The highest BCUT2D eigenvalue weighted by molar-refractivity contribution is 5.82. The number of H-pyrrole nitrogens is 1. The van der Waals surface area contributed by atoms with E-state index in [1.807, 2.05) is 6.92 Å². The Hall–Kier alpha value is -2.77. The van der Waals surface area contributed by atoms with E-state index in [-0.39, 0.29) is 0 Å². The van der Waals surface area contributed by atoms with E-state index in [4.69, 9.17) is 0 Å². The summed E-state index contributed by atoms with van der Waals surface area (Å²) in [5.74, 6) is 2.04. The smallest absolute Gasteiger partial charge is 0.182 e. The average Bonchev–Trinajstić information content (AvgIpc) is 3.37. The molecule has 1 aliphatic carbocycles. The number of fused-ring (bicyclic) bond motifs is 1. The first-order valence-corrected chi connectivity index (χ1v) is 9.25. The molecule has 4 heterocycles. The number of aryl methyl sites for hydroxylation is 1. The fourth-order valence-corrected chi connectivity index (χ4v) is 3.95. The summed E-state index contributed by atoms with van der Waals surface area (Å²) in [4.78, 5) is 29.8. The molecule has 0 spiro atoms. The van der Waals surface area contributed by atoms with Gasteiger partial charge in [-0.2, -0.15) is 0 Å². The van der Waals surface area contributed by atoms with E-state index in [1.54, 1.807) is 19.0 Å². The maximum Gasteiger partial charge on any atom is 0.182 e. The standard InChI is InChI=1S/C18H22N8/c1-12-8-15(20-9-19-12)26(13-2-3-13)14-4-6-25(7-5-14)18-16-17(22-10-21-16)23-11-24-18/h8-11,13-14H,2-7H2,1H3,(H,21,22,23,24). The van der Waals surface area contributed by atoms with Crippen molar-refractivity contribution in [3.63, 3.8) is 0 Å². The van der Waals surface area contributed by atoms with E-state index in [1.165, 1.54) is 12.8 Å². The van der Waals surface area contributed by atoms with Crippen LogP contribution in [0.25, 0.3) is 11.2 Å². The van der Waals surface area contributed by atoms with Crippen molar-refractivity contribution in [3.8, 4) is 0 Å². The Labute approximate surface area is 151 Å². The Morgan fingerprint density at radius 3 is 2.50 bits per heavy atom. The molecule has 0 atom stereocenters. The zero-order valence-electron chi connectivity index (χ0n) is 14.8. The molecule has 0 unspecified atom stereocenters. The normalized spacial score (nSPS) is 18.4. The number of imidazole rings is 1. The number of rotatable bonds is 4. The molecular weight excluding hydrogens is 328 g/mol. The largest absolute Gasteiger partial charge is 0.355 e. The molecule has 1 saturated carbocycles. The van der Waals surface area contributed by atoms with E-state index in [2.05, 4.69) is 45.8 Å². The SMILES string of the molecule is Cc1cc(N(C2CC2)C2CCN(c3ncnc4nc[nH]c34)CC2)ncn1. The predicted molar refractivity (Wildman–Crippen MR) is 99.2 cm³/mol. The van der Waals surface area contributed by atoms with Crippen LogP contribution in [-0.2, 0) is 0 Å². The second-order valence-electron chi connectivity index (χ2n) is 7.17. The molecule has 0 radical (unpaired) electrons. The quantitative estimate of drug-likeness (QED) is 0.771. The van der Waals surface area contributed by atoms with Gasteiger partial charge in [0.2, 0.25) is 0 Å². The van der Waals surface area contributed by atoms with Crippen LogP contribution >= 0.6 is 0 Å². The summed E-state index contributed by atoms with van der Waals surface area (Å²) in [7, 11) is 0.